The molecular weight excluding hydrogens is 242 g/mol. The Morgan fingerprint density at radius 1 is 0.750 bits per heavy atom. The van der Waals surface area contributed by atoms with E-state index in [4.69, 9.17) is 0 Å². The second-order valence-corrected chi connectivity index (χ2v) is 5.84. The minimum Gasteiger partial charge on any atom is -0.316 e. The number of hydrogen-bond acceptors (Lipinski definition) is 1. The van der Waals surface area contributed by atoms with Crippen LogP contribution in [0.2, 0.25) is 0 Å². The third-order valence-corrected chi connectivity index (χ3v) is 4.13. The van der Waals surface area contributed by atoms with Crippen LogP contribution in [0.5, 0.6) is 0 Å². The van der Waals surface area contributed by atoms with Gasteiger partial charge in [0.05, 0.1) is 0 Å². The van der Waals surface area contributed by atoms with Crippen LogP contribution in [0, 0.1) is 5.92 Å². The third kappa shape index (κ3) is 3.29. The Bertz CT molecular complexity index is 513. The van der Waals surface area contributed by atoms with E-state index >= 15 is 0 Å². The summed E-state index contributed by atoms with van der Waals surface area (Å²) in [6, 6.07) is 20.0. The Labute approximate surface area is 123 Å². The van der Waals surface area contributed by atoms with E-state index in [0.717, 1.165) is 0 Å². The van der Waals surface area contributed by atoms with E-state index in [2.05, 4.69) is 87.7 Å². The Hall–Kier alpha value is -1.60. The van der Waals surface area contributed by atoms with Crippen LogP contribution in [0.3, 0.4) is 0 Å². The molecular formula is C19H25N. The lowest BCUT2D eigenvalue weighted by Gasteiger charge is -2.27. The van der Waals surface area contributed by atoms with Gasteiger partial charge in [-0.1, -0.05) is 75.4 Å². The first kappa shape index (κ1) is 14.8. The van der Waals surface area contributed by atoms with Gasteiger partial charge in [0.2, 0.25) is 0 Å². The molecule has 0 bridgehead atoms. The van der Waals surface area contributed by atoms with Crippen molar-refractivity contribution in [2.24, 2.45) is 5.92 Å². The van der Waals surface area contributed by atoms with E-state index in [-0.39, 0.29) is 0 Å². The fourth-order valence-electron chi connectivity index (χ4n) is 2.98. The molecule has 1 N–H and O–H groups in total. The molecule has 0 fully saturated rings. The minimum atomic E-state index is 0.512. The summed E-state index contributed by atoms with van der Waals surface area (Å²) in [6.07, 6.45) is 0. The molecule has 1 nitrogen and oxygen atoms in total. The van der Waals surface area contributed by atoms with Gasteiger partial charge in [0.1, 0.15) is 0 Å². The summed E-state index contributed by atoms with van der Waals surface area (Å²) in [4.78, 5) is 0. The van der Waals surface area contributed by atoms with Gasteiger partial charge in [-0.05, 0) is 35.6 Å². The first-order valence-corrected chi connectivity index (χ1v) is 7.46. The fraction of sp³-hybridized carbons (Fsp3) is 0.368. The average molecular weight is 267 g/mol. The Morgan fingerprint density at radius 3 is 1.80 bits per heavy atom. The van der Waals surface area contributed by atoms with Gasteiger partial charge in [-0.3, -0.25) is 0 Å². The van der Waals surface area contributed by atoms with Gasteiger partial charge in [-0.25, -0.2) is 0 Å². The van der Waals surface area contributed by atoms with Crippen LogP contribution in [-0.2, 0) is 0 Å². The lowest BCUT2D eigenvalue weighted by atomic mass is 9.86. The van der Waals surface area contributed by atoms with Crippen molar-refractivity contribution in [2.75, 3.05) is 7.05 Å². The van der Waals surface area contributed by atoms with Gasteiger partial charge in [0, 0.05) is 6.04 Å². The first-order valence-electron chi connectivity index (χ1n) is 7.46. The summed E-state index contributed by atoms with van der Waals surface area (Å²) < 4.78 is 0. The molecule has 0 heterocycles. The highest BCUT2D eigenvalue weighted by atomic mass is 14.9. The zero-order valence-electron chi connectivity index (χ0n) is 12.9. The first-order chi connectivity index (χ1) is 9.63. The van der Waals surface area contributed by atoms with Crippen molar-refractivity contribution < 1.29 is 0 Å². The molecule has 0 aliphatic heterocycles. The van der Waals surface area contributed by atoms with E-state index in [1.807, 2.05) is 0 Å². The van der Waals surface area contributed by atoms with Gasteiger partial charge >= 0.3 is 0 Å². The predicted molar refractivity (Wildman–Crippen MR) is 88.0 cm³/mol. The van der Waals surface area contributed by atoms with Crippen LogP contribution in [0.1, 0.15) is 32.3 Å². The molecule has 106 valence electrons. The van der Waals surface area contributed by atoms with Gasteiger partial charge in [-0.15, -0.1) is 0 Å². The molecule has 2 rings (SSSR count). The van der Waals surface area contributed by atoms with Gasteiger partial charge < -0.3 is 5.32 Å². The summed E-state index contributed by atoms with van der Waals surface area (Å²) in [5.41, 5.74) is 3.96. The number of nitrogens with one attached hydrogen (secondary N) is 1. The van der Waals surface area contributed by atoms with Crippen molar-refractivity contribution >= 4 is 0 Å². The molecule has 2 aromatic carbocycles. The molecule has 0 aromatic heterocycles. The number of likely N-dealkylation sites (N-methyl/N-ethyl adjacent to an activating group) is 1. The SMILES string of the molecule is CNC(C(C)C)C(C)c1ccc(-c2ccccc2)cc1. The van der Waals surface area contributed by atoms with Crippen LogP contribution in [0.15, 0.2) is 54.6 Å². The Balaban J connectivity index is 2.20. The molecule has 0 saturated carbocycles. The molecule has 2 unspecified atom stereocenters. The molecule has 0 aliphatic carbocycles. The maximum Gasteiger partial charge on any atom is 0.0153 e. The van der Waals surface area contributed by atoms with Crippen LogP contribution >= 0.6 is 0 Å². The fourth-order valence-corrected chi connectivity index (χ4v) is 2.98. The monoisotopic (exact) mass is 267 g/mol. The molecule has 20 heavy (non-hydrogen) atoms. The number of rotatable bonds is 5. The number of benzene rings is 2. The van der Waals surface area contributed by atoms with Gasteiger partial charge in [0.25, 0.3) is 0 Å². The largest absolute Gasteiger partial charge is 0.316 e. The van der Waals surface area contributed by atoms with Gasteiger partial charge in [0.15, 0.2) is 0 Å². The number of hydrogen-bond donors (Lipinski definition) is 1. The Kier molecular flexibility index (Phi) is 4.97. The normalized spacial score (nSPS) is 14.2. The minimum absolute atomic E-state index is 0.512. The summed E-state index contributed by atoms with van der Waals surface area (Å²) >= 11 is 0. The summed E-state index contributed by atoms with van der Waals surface area (Å²) in [6.45, 7) is 6.85. The van der Waals surface area contributed by atoms with Crippen LogP contribution < -0.4 is 5.32 Å². The summed E-state index contributed by atoms with van der Waals surface area (Å²) in [5.74, 6) is 1.15. The molecule has 0 saturated heterocycles. The molecule has 0 amide bonds. The van der Waals surface area contributed by atoms with Crippen molar-refractivity contribution in [2.45, 2.75) is 32.7 Å². The Morgan fingerprint density at radius 2 is 1.30 bits per heavy atom. The standard InChI is InChI=1S/C19H25N/c1-14(2)19(20-4)15(3)16-10-12-18(13-11-16)17-8-6-5-7-9-17/h5-15,19-20H,1-4H3. The van der Waals surface area contributed by atoms with Crippen LogP contribution in [-0.4, -0.2) is 13.1 Å². The second kappa shape index (κ2) is 6.71. The second-order valence-electron chi connectivity index (χ2n) is 5.84. The van der Waals surface area contributed by atoms with Crippen molar-refractivity contribution in [3.63, 3.8) is 0 Å². The topological polar surface area (TPSA) is 12.0 Å². The highest BCUT2D eigenvalue weighted by molar-refractivity contribution is 5.63. The van der Waals surface area contributed by atoms with Crippen LogP contribution in [0.4, 0.5) is 0 Å². The molecule has 2 atom stereocenters. The maximum atomic E-state index is 3.45. The summed E-state index contributed by atoms with van der Waals surface area (Å²) in [7, 11) is 2.06. The lowest BCUT2D eigenvalue weighted by molar-refractivity contribution is 0.376. The molecule has 2 aromatic rings. The van der Waals surface area contributed by atoms with Crippen molar-refractivity contribution in [3.8, 4) is 11.1 Å². The van der Waals surface area contributed by atoms with E-state index in [1.54, 1.807) is 0 Å². The highest BCUT2D eigenvalue weighted by Gasteiger charge is 2.20. The quantitative estimate of drug-likeness (QED) is 0.828. The lowest BCUT2D eigenvalue weighted by Crippen LogP contribution is -2.35. The zero-order valence-corrected chi connectivity index (χ0v) is 12.9. The molecule has 0 aliphatic rings. The van der Waals surface area contributed by atoms with Crippen LogP contribution in [0.25, 0.3) is 11.1 Å². The van der Waals surface area contributed by atoms with E-state index in [9.17, 15) is 0 Å². The smallest absolute Gasteiger partial charge is 0.0153 e. The molecule has 0 spiro atoms. The van der Waals surface area contributed by atoms with E-state index < -0.39 is 0 Å². The zero-order chi connectivity index (χ0) is 14.5. The maximum absolute atomic E-state index is 3.45. The van der Waals surface area contributed by atoms with E-state index in [0.29, 0.717) is 17.9 Å². The molecule has 1 heteroatoms. The van der Waals surface area contributed by atoms with Crippen molar-refractivity contribution in [3.05, 3.63) is 60.2 Å². The van der Waals surface area contributed by atoms with Crippen molar-refractivity contribution in [1.29, 1.82) is 0 Å². The summed E-state index contributed by atoms with van der Waals surface area (Å²) in [5, 5.41) is 3.45. The average Bonchev–Trinajstić information content (AvgIpc) is 2.48. The third-order valence-electron chi connectivity index (χ3n) is 4.13. The van der Waals surface area contributed by atoms with E-state index in [1.165, 1.54) is 16.7 Å². The predicted octanol–water partition coefficient (Wildman–Crippen LogP) is 4.70. The molecule has 0 radical (unpaired) electrons. The highest BCUT2D eigenvalue weighted by Crippen LogP contribution is 2.26. The van der Waals surface area contributed by atoms with Gasteiger partial charge in [-0.2, -0.15) is 0 Å². The van der Waals surface area contributed by atoms with Crippen molar-refractivity contribution in [1.82, 2.24) is 5.32 Å².